The molecule has 0 aromatic carbocycles. The first-order valence-electron chi connectivity index (χ1n) is 5.27. The van der Waals surface area contributed by atoms with E-state index in [1.165, 1.54) is 0 Å². The highest BCUT2D eigenvalue weighted by Gasteiger charge is 2.29. The summed E-state index contributed by atoms with van der Waals surface area (Å²) in [5.74, 6) is -4.30. The lowest BCUT2D eigenvalue weighted by atomic mass is 10.2. The number of anilines is 1. The summed E-state index contributed by atoms with van der Waals surface area (Å²) in [4.78, 5) is 12.4. The lowest BCUT2D eigenvalue weighted by Gasteiger charge is -2.08. The van der Waals surface area contributed by atoms with Gasteiger partial charge in [0.05, 0.1) is 12.2 Å². The van der Waals surface area contributed by atoms with Crippen LogP contribution in [0.1, 0.15) is 27.7 Å². The van der Waals surface area contributed by atoms with E-state index in [4.69, 9.17) is 4.74 Å². The standard InChI is InChI=1S/C10H13F2NO4S2/c1-4-17-9(14)7-5(2)6(3)18-8(7)13-19(15,16)10(11)12/h10,13H,4H2,1-3H3. The molecule has 0 fully saturated rings. The number of esters is 1. The highest BCUT2D eigenvalue weighted by Crippen LogP contribution is 2.34. The average Bonchev–Trinajstić information content (AvgIpc) is 2.53. The monoisotopic (exact) mass is 313 g/mol. The van der Waals surface area contributed by atoms with Crippen molar-refractivity contribution < 1.29 is 26.7 Å². The van der Waals surface area contributed by atoms with E-state index in [1.54, 1.807) is 25.5 Å². The number of sulfonamides is 1. The molecule has 5 nitrogen and oxygen atoms in total. The van der Waals surface area contributed by atoms with E-state index in [9.17, 15) is 22.0 Å². The SMILES string of the molecule is CCOC(=O)c1c(NS(=O)(=O)C(F)F)sc(C)c1C. The molecule has 1 aromatic heterocycles. The normalized spacial score (nSPS) is 11.7. The fourth-order valence-electron chi connectivity index (χ4n) is 1.32. The van der Waals surface area contributed by atoms with E-state index in [0.717, 1.165) is 11.3 Å². The topological polar surface area (TPSA) is 72.5 Å². The van der Waals surface area contributed by atoms with E-state index < -0.39 is 21.8 Å². The lowest BCUT2D eigenvalue weighted by Crippen LogP contribution is -2.21. The third-order valence-electron chi connectivity index (χ3n) is 2.33. The van der Waals surface area contributed by atoms with Crippen molar-refractivity contribution in [2.75, 3.05) is 11.3 Å². The molecule has 0 amide bonds. The maximum absolute atomic E-state index is 12.3. The Hall–Kier alpha value is -1.22. The Balaban J connectivity index is 3.22. The van der Waals surface area contributed by atoms with Crippen LogP contribution >= 0.6 is 11.3 Å². The fraction of sp³-hybridized carbons (Fsp3) is 0.500. The van der Waals surface area contributed by atoms with Gasteiger partial charge in [0.25, 0.3) is 10.0 Å². The Kier molecular flexibility index (Phi) is 4.86. The molecule has 1 heterocycles. The molecule has 9 heteroatoms. The first kappa shape index (κ1) is 15.8. The second-order valence-corrected chi connectivity index (χ2v) is 6.49. The molecular formula is C10H13F2NO4S2. The van der Waals surface area contributed by atoms with Crippen LogP contribution in [-0.4, -0.2) is 26.8 Å². The van der Waals surface area contributed by atoms with Gasteiger partial charge in [-0.2, -0.15) is 8.78 Å². The van der Waals surface area contributed by atoms with Gasteiger partial charge in [0, 0.05) is 4.88 Å². The largest absolute Gasteiger partial charge is 0.462 e. The number of hydrogen-bond donors (Lipinski definition) is 1. The molecule has 108 valence electrons. The number of halogens is 2. The van der Waals surface area contributed by atoms with Crippen LogP contribution in [0.4, 0.5) is 13.8 Å². The number of carbonyl (C=O) groups excluding carboxylic acids is 1. The predicted octanol–water partition coefficient (Wildman–Crippen LogP) is 2.51. The van der Waals surface area contributed by atoms with Crippen molar-refractivity contribution in [3.63, 3.8) is 0 Å². The molecule has 1 aromatic rings. The molecule has 0 aliphatic heterocycles. The summed E-state index contributed by atoms with van der Waals surface area (Å²) in [5, 5.41) is -0.145. The molecule has 0 bridgehead atoms. The lowest BCUT2D eigenvalue weighted by molar-refractivity contribution is 0.0527. The van der Waals surface area contributed by atoms with E-state index in [0.29, 0.717) is 10.4 Å². The van der Waals surface area contributed by atoms with Crippen LogP contribution in [0.3, 0.4) is 0 Å². The second-order valence-electron chi connectivity index (χ2n) is 3.62. The van der Waals surface area contributed by atoms with Gasteiger partial charge in [-0.3, -0.25) is 4.72 Å². The number of hydrogen-bond acceptors (Lipinski definition) is 5. The van der Waals surface area contributed by atoms with Crippen molar-refractivity contribution in [3.8, 4) is 0 Å². The molecule has 0 aliphatic rings. The van der Waals surface area contributed by atoms with Crippen LogP contribution in [0.25, 0.3) is 0 Å². The number of rotatable bonds is 5. The van der Waals surface area contributed by atoms with Crippen molar-refractivity contribution >= 4 is 32.3 Å². The molecule has 1 rings (SSSR count). The van der Waals surface area contributed by atoms with Gasteiger partial charge in [-0.25, -0.2) is 13.2 Å². The zero-order chi connectivity index (χ0) is 14.8. The van der Waals surface area contributed by atoms with Crippen LogP contribution in [0.2, 0.25) is 0 Å². The molecule has 0 aliphatic carbocycles. The number of alkyl halides is 2. The van der Waals surface area contributed by atoms with Gasteiger partial charge in [0.15, 0.2) is 0 Å². The molecule has 0 unspecified atom stereocenters. The number of ether oxygens (including phenoxy) is 1. The molecule has 0 saturated carbocycles. The van der Waals surface area contributed by atoms with Crippen LogP contribution in [0, 0.1) is 13.8 Å². The number of thiophene rings is 1. The van der Waals surface area contributed by atoms with Crippen LogP contribution in [-0.2, 0) is 14.8 Å². The van der Waals surface area contributed by atoms with Gasteiger partial charge in [-0.15, -0.1) is 11.3 Å². The third kappa shape index (κ3) is 3.41. The van der Waals surface area contributed by atoms with Gasteiger partial charge in [-0.1, -0.05) is 0 Å². The van der Waals surface area contributed by atoms with Crippen LogP contribution < -0.4 is 4.72 Å². The van der Waals surface area contributed by atoms with Crippen LogP contribution in [0.15, 0.2) is 0 Å². The fourth-order valence-corrected chi connectivity index (χ4v) is 3.19. The Bertz CT molecular complexity index is 581. The molecule has 0 atom stereocenters. The maximum Gasteiger partial charge on any atom is 0.355 e. The Morgan fingerprint density at radius 2 is 2.00 bits per heavy atom. The molecule has 19 heavy (non-hydrogen) atoms. The minimum atomic E-state index is -4.81. The summed E-state index contributed by atoms with van der Waals surface area (Å²) in [6, 6.07) is 0. The first-order chi connectivity index (χ1) is 8.70. The van der Waals surface area contributed by atoms with Crippen molar-refractivity contribution in [1.29, 1.82) is 0 Å². The van der Waals surface area contributed by atoms with E-state index >= 15 is 0 Å². The second kappa shape index (κ2) is 5.83. The highest BCUT2D eigenvalue weighted by molar-refractivity contribution is 7.93. The predicted molar refractivity (Wildman–Crippen MR) is 68.3 cm³/mol. The summed E-state index contributed by atoms with van der Waals surface area (Å²) in [6.07, 6.45) is 0. The van der Waals surface area contributed by atoms with Gasteiger partial charge in [0.1, 0.15) is 5.00 Å². The summed E-state index contributed by atoms with van der Waals surface area (Å²) in [5.41, 5.74) is 0.490. The third-order valence-corrected chi connectivity index (χ3v) is 4.54. The summed E-state index contributed by atoms with van der Waals surface area (Å²) >= 11 is 0.915. The average molecular weight is 313 g/mol. The Morgan fingerprint density at radius 3 is 2.47 bits per heavy atom. The molecular weight excluding hydrogens is 300 g/mol. The number of nitrogens with one attached hydrogen (secondary N) is 1. The van der Waals surface area contributed by atoms with E-state index in [2.05, 4.69) is 0 Å². The highest BCUT2D eigenvalue weighted by atomic mass is 32.2. The van der Waals surface area contributed by atoms with Gasteiger partial charge in [-0.05, 0) is 26.3 Å². The van der Waals surface area contributed by atoms with Crippen molar-refractivity contribution in [1.82, 2.24) is 0 Å². The van der Waals surface area contributed by atoms with Gasteiger partial charge < -0.3 is 4.74 Å². The number of carbonyl (C=O) groups is 1. The minimum Gasteiger partial charge on any atom is -0.462 e. The molecule has 1 N–H and O–H groups in total. The van der Waals surface area contributed by atoms with Crippen LogP contribution in [0.5, 0.6) is 0 Å². The molecule has 0 radical (unpaired) electrons. The van der Waals surface area contributed by atoms with Crippen molar-refractivity contribution in [3.05, 3.63) is 16.0 Å². The zero-order valence-corrected chi connectivity index (χ0v) is 12.1. The molecule has 0 spiro atoms. The van der Waals surface area contributed by atoms with Gasteiger partial charge in [0.2, 0.25) is 0 Å². The van der Waals surface area contributed by atoms with E-state index in [1.807, 2.05) is 0 Å². The maximum atomic E-state index is 12.3. The molecule has 0 saturated heterocycles. The zero-order valence-electron chi connectivity index (χ0n) is 10.5. The van der Waals surface area contributed by atoms with Crippen molar-refractivity contribution in [2.45, 2.75) is 26.5 Å². The summed E-state index contributed by atoms with van der Waals surface area (Å²) in [7, 11) is -4.81. The number of aryl methyl sites for hydroxylation is 1. The Labute approximate surface area is 113 Å². The minimum absolute atomic E-state index is 0.0198. The summed E-state index contributed by atoms with van der Waals surface area (Å²) in [6.45, 7) is 4.95. The quantitative estimate of drug-likeness (QED) is 0.848. The van der Waals surface area contributed by atoms with E-state index in [-0.39, 0.29) is 17.2 Å². The Morgan fingerprint density at radius 1 is 1.42 bits per heavy atom. The smallest absolute Gasteiger partial charge is 0.355 e. The van der Waals surface area contributed by atoms with Gasteiger partial charge >= 0.3 is 11.7 Å². The first-order valence-corrected chi connectivity index (χ1v) is 7.63. The summed E-state index contributed by atoms with van der Waals surface area (Å²) < 4.78 is 53.5. The van der Waals surface area contributed by atoms with Crippen molar-refractivity contribution in [2.24, 2.45) is 0 Å².